The standard InChI is InChI=1S/C16H16O4S/c1-16(19,15(17)18)12-9-7-11(8-10-12)13-5-3-4-6-14(13)21(2)20/h3-10,19H,1-2H3,(H,17,18). The molecule has 21 heavy (non-hydrogen) atoms. The fourth-order valence-electron chi connectivity index (χ4n) is 2.05. The Morgan fingerprint density at radius 1 is 1.14 bits per heavy atom. The number of benzene rings is 2. The van der Waals surface area contributed by atoms with Crippen molar-refractivity contribution in [3.8, 4) is 11.1 Å². The van der Waals surface area contributed by atoms with Crippen LogP contribution in [0.4, 0.5) is 0 Å². The highest BCUT2D eigenvalue weighted by atomic mass is 32.2. The van der Waals surface area contributed by atoms with E-state index in [4.69, 9.17) is 5.11 Å². The highest BCUT2D eigenvalue weighted by Gasteiger charge is 2.32. The fraction of sp³-hybridized carbons (Fsp3) is 0.188. The molecule has 0 aromatic heterocycles. The van der Waals surface area contributed by atoms with Gasteiger partial charge in [-0.2, -0.15) is 0 Å². The zero-order valence-corrected chi connectivity index (χ0v) is 12.6. The molecule has 2 unspecified atom stereocenters. The lowest BCUT2D eigenvalue weighted by atomic mass is 9.94. The number of aliphatic hydroxyl groups is 1. The molecule has 5 heteroatoms. The molecule has 0 heterocycles. The van der Waals surface area contributed by atoms with E-state index in [0.717, 1.165) is 16.0 Å². The summed E-state index contributed by atoms with van der Waals surface area (Å²) in [5.74, 6) is -1.30. The van der Waals surface area contributed by atoms with E-state index in [-0.39, 0.29) is 0 Å². The summed E-state index contributed by atoms with van der Waals surface area (Å²) in [4.78, 5) is 11.7. The third-order valence-corrected chi connectivity index (χ3v) is 4.35. The second kappa shape index (κ2) is 5.89. The van der Waals surface area contributed by atoms with Crippen LogP contribution in [0.15, 0.2) is 53.4 Å². The van der Waals surface area contributed by atoms with E-state index in [2.05, 4.69) is 0 Å². The molecule has 0 saturated carbocycles. The van der Waals surface area contributed by atoms with Crippen LogP contribution in [-0.4, -0.2) is 27.0 Å². The molecule has 0 radical (unpaired) electrons. The second-order valence-electron chi connectivity index (χ2n) is 4.90. The maximum atomic E-state index is 11.7. The van der Waals surface area contributed by atoms with Crippen molar-refractivity contribution >= 4 is 17.1 Å². The lowest BCUT2D eigenvalue weighted by Gasteiger charge is -2.18. The molecule has 0 aliphatic carbocycles. The van der Waals surface area contributed by atoms with Gasteiger partial charge in [0.2, 0.25) is 0 Å². The van der Waals surface area contributed by atoms with Crippen LogP contribution in [0.1, 0.15) is 12.5 Å². The van der Waals surface area contributed by atoms with Crippen molar-refractivity contribution in [2.45, 2.75) is 17.4 Å². The minimum atomic E-state index is -1.92. The maximum absolute atomic E-state index is 11.7. The predicted molar refractivity (Wildman–Crippen MR) is 81.4 cm³/mol. The van der Waals surface area contributed by atoms with Gasteiger partial charge in [-0.25, -0.2) is 4.79 Å². The minimum Gasteiger partial charge on any atom is -0.612 e. The number of hydrogen-bond acceptors (Lipinski definition) is 3. The topological polar surface area (TPSA) is 80.6 Å². The third-order valence-electron chi connectivity index (χ3n) is 3.37. The number of carboxylic acid groups (broad SMARTS) is 1. The first-order chi connectivity index (χ1) is 9.84. The van der Waals surface area contributed by atoms with Crippen LogP contribution in [0.5, 0.6) is 0 Å². The minimum absolute atomic E-state index is 0.300. The van der Waals surface area contributed by atoms with Crippen molar-refractivity contribution in [2.75, 3.05) is 6.26 Å². The van der Waals surface area contributed by atoms with Crippen LogP contribution >= 0.6 is 0 Å². The Morgan fingerprint density at radius 3 is 2.24 bits per heavy atom. The molecule has 0 amide bonds. The van der Waals surface area contributed by atoms with E-state index in [1.807, 2.05) is 18.2 Å². The summed E-state index contributed by atoms with van der Waals surface area (Å²) < 4.78 is 11.7. The van der Waals surface area contributed by atoms with Crippen molar-refractivity contribution in [3.63, 3.8) is 0 Å². The molecule has 2 atom stereocenters. The SMILES string of the molecule is C[S+]([O-])c1ccccc1-c1ccc(C(C)(O)C(=O)O)cc1. The monoisotopic (exact) mass is 304 g/mol. The quantitative estimate of drug-likeness (QED) is 0.850. The average molecular weight is 304 g/mol. The molecule has 2 rings (SSSR count). The summed E-state index contributed by atoms with van der Waals surface area (Å²) in [7, 11) is 0. The average Bonchev–Trinajstić information content (AvgIpc) is 2.47. The van der Waals surface area contributed by atoms with Crippen molar-refractivity contribution in [1.29, 1.82) is 0 Å². The molecule has 0 fully saturated rings. The summed E-state index contributed by atoms with van der Waals surface area (Å²) >= 11 is -1.11. The molecular weight excluding hydrogens is 288 g/mol. The van der Waals surface area contributed by atoms with Crippen molar-refractivity contribution < 1.29 is 19.6 Å². The van der Waals surface area contributed by atoms with E-state index in [1.54, 1.807) is 36.6 Å². The Morgan fingerprint density at radius 2 is 1.71 bits per heavy atom. The van der Waals surface area contributed by atoms with Gasteiger partial charge < -0.3 is 14.8 Å². The number of carboxylic acids is 1. The van der Waals surface area contributed by atoms with Gasteiger partial charge in [-0.3, -0.25) is 0 Å². The van der Waals surface area contributed by atoms with Gasteiger partial charge in [0.25, 0.3) is 0 Å². The Bertz CT molecular complexity index is 648. The largest absolute Gasteiger partial charge is 0.612 e. The molecule has 0 bridgehead atoms. The number of hydrogen-bond donors (Lipinski definition) is 2. The van der Waals surface area contributed by atoms with Gasteiger partial charge in [0, 0.05) is 5.56 Å². The van der Waals surface area contributed by atoms with Crippen molar-refractivity contribution in [1.82, 2.24) is 0 Å². The van der Waals surface area contributed by atoms with Crippen LogP contribution in [0.3, 0.4) is 0 Å². The molecule has 0 saturated heterocycles. The van der Waals surface area contributed by atoms with Gasteiger partial charge in [-0.1, -0.05) is 36.4 Å². The van der Waals surface area contributed by atoms with Gasteiger partial charge in [-0.05, 0) is 41.4 Å². The Labute approximate surface area is 126 Å². The first-order valence-electron chi connectivity index (χ1n) is 6.33. The Hall–Kier alpha value is -1.82. The highest BCUT2D eigenvalue weighted by Crippen LogP contribution is 2.29. The van der Waals surface area contributed by atoms with E-state index in [0.29, 0.717) is 5.56 Å². The summed E-state index contributed by atoms with van der Waals surface area (Å²) in [5, 5.41) is 18.9. The van der Waals surface area contributed by atoms with Gasteiger partial charge in [0.05, 0.1) is 0 Å². The van der Waals surface area contributed by atoms with Crippen LogP contribution < -0.4 is 0 Å². The van der Waals surface area contributed by atoms with Gasteiger partial charge in [0.15, 0.2) is 10.5 Å². The van der Waals surface area contributed by atoms with E-state index >= 15 is 0 Å². The Balaban J connectivity index is 2.43. The molecule has 0 aliphatic heterocycles. The van der Waals surface area contributed by atoms with Crippen LogP contribution in [0.25, 0.3) is 11.1 Å². The summed E-state index contributed by atoms with van der Waals surface area (Å²) in [6.45, 7) is 1.24. The molecule has 110 valence electrons. The number of aliphatic carboxylic acids is 1. The molecule has 2 N–H and O–H groups in total. The fourth-order valence-corrected chi connectivity index (χ4v) is 2.82. The highest BCUT2D eigenvalue weighted by molar-refractivity contribution is 7.90. The van der Waals surface area contributed by atoms with Gasteiger partial charge >= 0.3 is 5.97 Å². The second-order valence-corrected chi connectivity index (χ2v) is 6.25. The normalized spacial score (nSPS) is 15.2. The molecule has 0 aliphatic rings. The Kier molecular flexibility index (Phi) is 4.37. The molecular formula is C16H16O4S. The van der Waals surface area contributed by atoms with Crippen LogP contribution in [-0.2, 0) is 21.6 Å². The first-order valence-corrected chi connectivity index (χ1v) is 7.89. The van der Waals surface area contributed by atoms with E-state index in [1.165, 1.54) is 6.92 Å². The molecule has 2 aromatic rings. The van der Waals surface area contributed by atoms with Crippen LogP contribution in [0.2, 0.25) is 0 Å². The van der Waals surface area contributed by atoms with E-state index in [9.17, 15) is 14.5 Å². The lowest BCUT2D eigenvalue weighted by molar-refractivity contribution is -0.157. The molecule has 0 spiro atoms. The number of rotatable bonds is 4. The zero-order valence-electron chi connectivity index (χ0n) is 11.7. The summed E-state index contributed by atoms with van der Waals surface area (Å²) in [5.41, 5.74) is 0.0328. The maximum Gasteiger partial charge on any atom is 0.340 e. The summed E-state index contributed by atoms with van der Waals surface area (Å²) in [6, 6.07) is 13.9. The zero-order chi connectivity index (χ0) is 15.6. The summed E-state index contributed by atoms with van der Waals surface area (Å²) in [6.07, 6.45) is 1.61. The number of carbonyl (C=O) groups is 1. The van der Waals surface area contributed by atoms with Crippen molar-refractivity contribution in [3.05, 3.63) is 54.1 Å². The third kappa shape index (κ3) is 3.10. The smallest absolute Gasteiger partial charge is 0.340 e. The molecule has 4 nitrogen and oxygen atoms in total. The predicted octanol–water partition coefficient (Wildman–Crippen LogP) is 2.38. The van der Waals surface area contributed by atoms with Crippen LogP contribution in [0, 0.1) is 0 Å². The van der Waals surface area contributed by atoms with Crippen molar-refractivity contribution in [2.24, 2.45) is 0 Å². The first kappa shape index (κ1) is 15.6. The van der Waals surface area contributed by atoms with Gasteiger partial charge in [0.1, 0.15) is 6.26 Å². The van der Waals surface area contributed by atoms with Gasteiger partial charge in [-0.15, -0.1) is 0 Å². The molecule has 2 aromatic carbocycles. The van der Waals surface area contributed by atoms with E-state index < -0.39 is 22.7 Å². The lowest BCUT2D eigenvalue weighted by Crippen LogP contribution is -2.31.